The fraction of sp³-hybridized carbons (Fsp3) is 0.692. The second-order valence-corrected chi connectivity index (χ2v) is 9.32. The Hall–Kier alpha value is 0.660. The quantitative estimate of drug-likeness (QED) is 0.569. The summed E-state index contributed by atoms with van der Waals surface area (Å²) in [6.07, 6.45) is 0. The smallest absolute Gasteiger partial charge is 0.0730 e. The Bertz CT molecular complexity index is 384. The van der Waals surface area contributed by atoms with E-state index in [4.69, 9.17) is 0 Å². The zero-order chi connectivity index (χ0) is 12.3. The molecule has 90 valence electrons. The molecular weight excluding hydrogens is 348 g/mol. The number of hydrogen-bond donors (Lipinski definition) is 0. The molecule has 0 amide bonds. The minimum absolute atomic E-state index is 0.436. The molecule has 0 nitrogen and oxygen atoms in total. The van der Waals surface area contributed by atoms with Crippen molar-refractivity contribution >= 4 is 43.2 Å². The van der Waals surface area contributed by atoms with Crippen molar-refractivity contribution in [1.82, 2.24) is 0 Å². The maximum atomic E-state index is 3.90. The summed E-state index contributed by atoms with van der Waals surface area (Å²) >= 11 is 9.37. The van der Waals surface area contributed by atoms with E-state index >= 15 is 0 Å². The van der Waals surface area contributed by atoms with E-state index in [0.717, 1.165) is 5.92 Å². The molecule has 1 aromatic heterocycles. The maximum absolute atomic E-state index is 3.90. The van der Waals surface area contributed by atoms with Crippen LogP contribution in [-0.2, 0) is 0 Å². The van der Waals surface area contributed by atoms with Gasteiger partial charge < -0.3 is 0 Å². The first-order valence-corrected chi connectivity index (χ1v) is 8.12. The third-order valence-electron chi connectivity index (χ3n) is 4.57. The number of halogens is 2. The summed E-state index contributed by atoms with van der Waals surface area (Å²) in [4.78, 5) is 1.94. The van der Waals surface area contributed by atoms with Gasteiger partial charge in [0.25, 0.3) is 0 Å². The van der Waals surface area contributed by atoms with E-state index in [0.29, 0.717) is 15.7 Å². The monoisotopic (exact) mass is 364 g/mol. The van der Waals surface area contributed by atoms with Gasteiger partial charge >= 0.3 is 0 Å². The standard InChI is InChI=1S/C13H18Br2S/c1-7-6-8(16-11(7)15)9(14)10-12(2,3)13(10,4)5/h6,9-10H,1-5H3. The van der Waals surface area contributed by atoms with Gasteiger partial charge in [0.15, 0.2) is 0 Å². The molecule has 0 aromatic carbocycles. The lowest BCUT2D eigenvalue weighted by atomic mass is 10.0. The van der Waals surface area contributed by atoms with Crippen LogP contribution < -0.4 is 0 Å². The van der Waals surface area contributed by atoms with Crippen LogP contribution in [0.1, 0.15) is 43.0 Å². The van der Waals surface area contributed by atoms with Crippen LogP contribution in [-0.4, -0.2) is 0 Å². The van der Waals surface area contributed by atoms with Crippen molar-refractivity contribution in [2.24, 2.45) is 16.7 Å². The topological polar surface area (TPSA) is 0 Å². The fourth-order valence-electron chi connectivity index (χ4n) is 2.76. The van der Waals surface area contributed by atoms with Crippen LogP contribution >= 0.6 is 43.2 Å². The molecule has 0 aliphatic heterocycles. The van der Waals surface area contributed by atoms with E-state index in [1.54, 1.807) is 0 Å². The molecule has 0 spiro atoms. The van der Waals surface area contributed by atoms with Crippen LogP contribution in [0.3, 0.4) is 0 Å². The van der Waals surface area contributed by atoms with Gasteiger partial charge in [0, 0.05) is 4.88 Å². The Morgan fingerprint density at radius 3 is 2.06 bits per heavy atom. The normalized spacial score (nSPS) is 24.4. The number of thiophene rings is 1. The Labute approximate surface area is 119 Å². The Kier molecular flexibility index (Phi) is 3.13. The lowest BCUT2D eigenvalue weighted by Gasteiger charge is -2.09. The molecule has 2 rings (SSSR count). The van der Waals surface area contributed by atoms with Crippen LogP contribution in [0.5, 0.6) is 0 Å². The lowest BCUT2D eigenvalue weighted by Crippen LogP contribution is -1.96. The van der Waals surface area contributed by atoms with Gasteiger partial charge in [-0.1, -0.05) is 43.6 Å². The average molecular weight is 366 g/mol. The van der Waals surface area contributed by atoms with Gasteiger partial charge in [-0.3, -0.25) is 0 Å². The Morgan fingerprint density at radius 2 is 1.75 bits per heavy atom. The molecule has 1 aromatic rings. The molecule has 0 N–H and O–H groups in total. The summed E-state index contributed by atoms with van der Waals surface area (Å²) in [6, 6.07) is 2.30. The van der Waals surface area contributed by atoms with Crippen LogP contribution in [0.2, 0.25) is 0 Å². The third-order valence-corrected chi connectivity index (χ3v) is 8.12. The fourth-order valence-corrected chi connectivity index (χ4v) is 6.08. The van der Waals surface area contributed by atoms with Crippen molar-refractivity contribution in [2.45, 2.75) is 39.4 Å². The highest BCUT2D eigenvalue weighted by Crippen LogP contribution is 2.74. The molecule has 1 aliphatic carbocycles. The number of hydrogen-bond acceptors (Lipinski definition) is 1. The molecule has 1 saturated carbocycles. The van der Waals surface area contributed by atoms with E-state index in [1.807, 2.05) is 11.3 Å². The van der Waals surface area contributed by atoms with Gasteiger partial charge in [0.2, 0.25) is 0 Å². The maximum Gasteiger partial charge on any atom is 0.0730 e. The zero-order valence-corrected chi connectivity index (χ0v) is 14.4. The summed E-state index contributed by atoms with van der Waals surface area (Å²) in [5.41, 5.74) is 2.22. The summed E-state index contributed by atoms with van der Waals surface area (Å²) in [5.74, 6) is 0.727. The molecule has 1 heterocycles. The molecule has 16 heavy (non-hydrogen) atoms. The molecule has 0 radical (unpaired) electrons. The van der Waals surface area contributed by atoms with E-state index < -0.39 is 0 Å². The molecule has 1 aliphatic rings. The Balaban J connectivity index is 2.25. The van der Waals surface area contributed by atoms with Gasteiger partial charge in [-0.25, -0.2) is 0 Å². The minimum Gasteiger partial charge on any atom is -0.132 e. The highest BCUT2D eigenvalue weighted by Gasteiger charge is 2.67. The second-order valence-electron chi connectivity index (χ2n) is 5.93. The first kappa shape index (κ1) is 13.1. The average Bonchev–Trinajstić information content (AvgIpc) is 2.39. The number of rotatable bonds is 2. The van der Waals surface area contributed by atoms with Crippen molar-refractivity contribution in [2.75, 3.05) is 0 Å². The van der Waals surface area contributed by atoms with Gasteiger partial charge in [-0.2, -0.15) is 0 Å². The predicted octanol–water partition coefficient (Wildman–Crippen LogP) is 5.94. The molecular formula is C13H18Br2S. The Morgan fingerprint density at radius 1 is 1.25 bits per heavy atom. The van der Waals surface area contributed by atoms with Gasteiger partial charge in [0.05, 0.1) is 8.61 Å². The van der Waals surface area contributed by atoms with Crippen molar-refractivity contribution < 1.29 is 0 Å². The van der Waals surface area contributed by atoms with Crippen LogP contribution in [0.15, 0.2) is 9.85 Å². The van der Waals surface area contributed by atoms with E-state index in [1.165, 1.54) is 14.2 Å². The van der Waals surface area contributed by atoms with E-state index in [9.17, 15) is 0 Å². The highest BCUT2D eigenvalue weighted by atomic mass is 79.9. The number of aryl methyl sites for hydroxylation is 1. The van der Waals surface area contributed by atoms with Crippen molar-refractivity contribution in [1.29, 1.82) is 0 Å². The summed E-state index contributed by atoms with van der Waals surface area (Å²) in [7, 11) is 0. The van der Waals surface area contributed by atoms with E-state index in [2.05, 4.69) is 72.5 Å². The van der Waals surface area contributed by atoms with E-state index in [-0.39, 0.29) is 0 Å². The van der Waals surface area contributed by atoms with Crippen LogP contribution in [0, 0.1) is 23.7 Å². The summed E-state index contributed by atoms with van der Waals surface area (Å²) in [6.45, 7) is 11.7. The minimum atomic E-state index is 0.436. The van der Waals surface area contributed by atoms with Gasteiger partial charge in [-0.15, -0.1) is 11.3 Å². The van der Waals surface area contributed by atoms with Crippen molar-refractivity contribution in [3.63, 3.8) is 0 Å². The van der Waals surface area contributed by atoms with Crippen LogP contribution in [0.4, 0.5) is 0 Å². The first-order valence-electron chi connectivity index (χ1n) is 5.59. The second kappa shape index (κ2) is 3.83. The zero-order valence-electron chi connectivity index (χ0n) is 10.4. The molecule has 1 fully saturated rings. The van der Waals surface area contributed by atoms with Gasteiger partial charge in [-0.05, 0) is 51.2 Å². The molecule has 0 bridgehead atoms. The van der Waals surface area contributed by atoms with Crippen molar-refractivity contribution in [3.8, 4) is 0 Å². The van der Waals surface area contributed by atoms with Gasteiger partial charge in [0.1, 0.15) is 0 Å². The molecule has 1 unspecified atom stereocenters. The molecule has 0 saturated heterocycles. The van der Waals surface area contributed by atoms with Crippen molar-refractivity contribution in [3.05, 3.63) is 20.3 Å². The third kappa shape index (κ3) is 1.74. The molecule has 3 heteroatoms. The predicted molar refractivity (Wildman–Crippen MR) is 79.5 cm³/mol. The summed E-state index contributed by atoms with van der Waals surface area (Å²) < 4.78 is 1.27. The molecule has 1 atom stereocenters. The summed E-state index contributed by atoms with van der Waals surface area (Å²) in [5, 5.41) is 0. The van der Waals surface area contributed by atoms with Crippen LogP contribution in [0.25, 0.3) is 0 Å². The SMILES string of the molecule is Cc1cc(C(Br)C2C(C)(C)C2(C)C)sc1Br. The lowest BCUT2D eigenvalue weighted by molar-refractivity contribution is 0.457. The first-order chi connectivity index (χ1) is 7.19. The number of alkyl halides is 1. The largest absolute Gasteiger partial charge is 0.132 e. The highest BCUT2D eigenvalue weighted by molar-refractivity contribution is 9.11.